The zero-order valence-electron chi connectivity index (χ0n) is 18.3. The van der Waals surface area contributed by atoms with Crippen LogP contribution in [-0.4, -0.2) is 43.5 Å². The van der Waals surface area contributed by atoms with Gasteiger partial charge < -0.3 is 9.88 Å². The summed E-state index contributed by atoms with van der Waals surface area (Å²) in [7, 11) is 0. The second-order valence-electron chi connectivity index (χ2n) is 8.64. The largest absolute Gasteiger partial charge is 0.339 e. The smallest absolute Gasteiger partial charge is 0.294 e. The summed E-state index contributed by atoms with van der Waals surface area (Å²) in [5, 5.41) is 8.23. The fraction of sp³-hybridized carbons (Fsp3) is 0.360. The molecule has 1 N–H and O–H groups in total. The van der Waals surface area contributed by atoms with E-state index in [1.54, 1.807) is 10.5 Å². The number of piperidine rings is 1. The van der Waals surface area contributed by atoms with E-state index >= 15 is 0 Å². The van der Waals surface area contributed by atoms with Gasteiger partial charge in [0.25, 0.3) is 11.5 Å². The number of amides is 1. The van der Waals surface area contributed by atoms with Crippen LogP contribution in [0.2, 0.25) is 0 Å². The SMILES string of the molecule is CCCc1nnc2c(=O)[nH]c3cc(C(=O)N4CCC(Cc5ccccc5)CC4)ccc3n12. The summed E-state index contributed by atoms with van der Waals surface area (Å²) in [5.74, 6) is 1.38. The number of aromatic nitrogens is 4. The second kappa shape index (κ2) is 8.57. The molecule has 2 aromatic carbocycles. The minimum atomic E-state index is -0.293. The van der Waals surface area contributed by atoms with Crippen LogP contribution in [0.15, 0.2) is 53.3 Å². The Morgan fingerprint density at radius 2 is 1.88 bits per heavy atom. The number of hydrogen-bond acceptors (Lipinski definition) is 4. The van der Waals surface area contributed by atoms with Gasteiger partial charge in [-0.2, -0.15) is 0 Å². The minimum Gasteiger partial charge on any atom is -0.339 e. The highest BCUT2D eigenvalue weighted by Gasteiger charge is 2.24. The first kappa shape index (κ1) is 20.4. The molecule has 1 saturated heterocycles. The lowest BCUT2D eigenvalue weighted by atomic mass is 9.90. The molecule has 1 fully saturated rings. The maximum atomic E-state index is 13.2. The average Bonchev–Trinajstić information content (AvgIpc) is 3.24. The summed E-state index contributed by atoms with van der Waals surface area (Å²) in [5.41, 5.74) is 3.40. The maximum Gasteiger partial charge on any atom is 0.294 e. The number of benzene rings is 2. The van der Waals surface area contributed by atoms with Crippen molar-refractivity contribution in [3.05, 3.63) is 75.8 Å². The number of aromatic amines is 1. The first-order valence-electron chi connectivity index (χ1n) is 11.4. The van der Waals surface area contributed by atoms with E-state index in [1.807, 2.05) is 23.1 Å². The summed E-state index contributed by atoms with van der Waals surface area (Å²) >= 11 is 0. The van der Waals surface area contributed by atoms with Gasteiger partial charge in [-0.15, -0.1) is 10.2 Å². The molecule has 4 aromatic rings. The molecule has 2 aromatic heterocycles. The van der Waals surface area contributed by atoms with Crippen LogP contribution in [0.1, 0.15) is 47.9 Å². The Morgan fingerprint density at radius 3 is 2.62 bits per heavy atom. The minimum absolute atomic E-state index is 0.0172. The number of carbonyl (C=O) groups is 1. The van der Waals surface area contributed by atoms with Crippen molar-refractivity contribution in [2.45, 2.75) is 39.0 Å². The molecule has 1 amide bonds. The van der Waals surface area contributed by atoms with Gasteiger partial charge >= 0.3 is 0 Å². The predicted octanol–water partition coefficient (Wildman–Crippen LogP) is 3.62. The van der Waals surface area contributed by atoms with Crippen LogP contribution in [0, 0.1) is 5.92 Å². The summed E-state index contributed by atoms with van der Waals surface area (Å²) in [6.45, 7) is 3.59. The molecule has 5 rings (SSSR count). The molecule has 164 valence electrons. The Balaban J connectivity index is 1.36. The lowest BCUT2D eigenvalue weighted by molar-refractivity contribution is 0.0690. The normalized spacial score (nSPS) is 15.0. The molecule has 1 aliphatic heterocycles. The Hall–Kier alpha value is -3.48. The molecule has 0 bridgehead atoms. The van der Waals surface area contributed by atoms with E-state index in [0.717, 1.165) is 56.5 Å². The van der Waals surface area contributed by atoms with Crippen molar-refractivity contribution in [3.63, 3.8) is 0 Å². The highest BCUT2D eigenvalue weighted by molar-refractivity contribution is 5.97. The number of nitrogens with one attached hydrogen (secondary N) is 1. The number of fused-ring (bicyclic) bond motifs is 3. The highest BCUT2D eigenvalue weighted by Crippen LogP contribution is 2.24. The standard InChI is InChI=1S/C25H27N5O2/c1-2-6-22-27-28-23-24(31)26-20-16-19(9-10-21(20)30(22)23)25(32)29-13-11-18(12-14-29)15-17-7-4-3-5-8-17/h3-5,7-10,16,18H,2,6,11-15H2,1H3,(H,26,31). The third kappa shape index (κ3) is 3.79. The van der Waals surface area contributed by atoms with Gasteiger partial charge in [-0.05, 0) is 55.4 Å². The van der Waals surface area contributed by atoms with Crippen molar-refractivity contribution in [1.29, 1.82) is 0 Å². The summed E-state index contributed by atoms with van der Waals surface area (Å²) in [6, 6.07) is 16.1. The molecular formula is C25H27N5O2. The van der Waals surface area contributed by atoms with E-state index in [2.05, 4.69) is 46.4 Å². The molecule has 0 atom stereocenters. The second-order valence-corrected chi connectivity index (χ2v) is 8.64. The Bertz CT molecular complexity index is 1320. The van der Waals surface area contributed by atoms with Crippen molar-refractivity contribution >= 4 is 22.6 Å². The number of hydrogen-bond donors (Lipinski definition) is 1. The van der Waals surface area contributed by atoms with E-state index in [-0.39, 0.29) is 11.5 Å². The molecule has 0 radical (unpaired) electrons. The fourth-order valence-corrected chi connectivity index (χ4v) is 4.71. The summed E-state index contributed by atoms with van der Waals surface area (Å²) < 4.78 is 1.81. The molecule has 3 heterocycles. The first-order chi connectivity index (χ1) is 15.6. The molecule has 7 nitrogen and oxygen atoms in total. The van der Waals surface area contributed by atoms with Crippen LogP contribution in [0.5, 0.6) is 0 Å². The molecule has 7 heteroatoms. The van der Waals surface area contributed by atoms with Crippen LogP contribution in [-0.2, 0) is 12.8 Å². The van der Waals surface area contributed by atoms with Gasteiger partial charge in [-0.25, -0.2) is 0 Å². The third-order valence-corrected chi connectivity index (χ3v) is 6.41. The summed E-state index contributed by atoms with van der Waals surface area (Å²) in [4.78, 5) is 30.5. The van der Waals surface area contributed by atoms with Crippen LogP contribution in [0.25, 0.3) is 16.7 Å². The molecule has 0 unspecified atom stereocenters. The Kier molecular flexibility index (Phi) is 5.47. The zero-order valence-corrected chi connectivity index (χ0v) is 18.3. The molecule has 1 aliphatic rings. The monoisotopic (exact) mass is 429 g/mol. The molecule has 0 aliphatic carbocycles. The number of aryl methyl sites for hydroxylation is 1. The van der Waals surface area contributed by atoms with Crippen LogP contribution in [0.4, 0.5) is 0 Å². The van der Waals surface area contributed by atoms with E-state index in [0.29, 0.717) is 22.6 Å². The fourth-order valence-electron chi connectivity index (χ4n) is 4.71. The number of nitrogens with zero attached hydrogens (tertiary/aromatic N) is 4. The van der Waals surface area contributed by atoms with Crippen LogP contribution >= 0.6 is 0 Å². The average molecular weight is 430 g/mol. The van der Waals surface area contributed by atoms with Crippen molar-refractivity contribution in [3.8, 4) is 0 Å². The highest BCUT2D eigenvalue weighted by atomic mass is 16.2. The van der Waals surface area contributed by atoms with Crippen LogP contribution < -0.4 is 5.56 Å². The number of rotatable bonds is 5. The van der Waals surface area contributed by atoms with Crippen molar-refractivity contribution < 1.29 is 4.79 Å². The van der Waals surface area contributed by atoms with E-state index in [1.165, 1.54) is 5.56 Å². The Morgan fingerprint density at radius 1 is 1.09 bits per heavy atom. The zero-order chi connectivity index (χ0) is 22.1. The number of likely N-dealkylation sites (tertiary alicyclic amines) is 1. The lowest BCUT2D eigenvalue weighted by Crippen LogP contribution is -2.38. The molecule has 32 heavy (non-hydrogen) atoms. The van der Waals surface area contributed by atoms with E-state index in [9.17, 15) is 9.59 Å². The molecule has 0 spiro atoms. The van der Waals surface area contributed by atoms with Gasteiger partial charge in [0.05, 0.1) is 11.0 Å². The van der Waals surface area contributed by atoms with Crippen LogP contribution in [0.3, 0.4) is 0 Å². The topological polar surface area (TPSA) is 83.4 Å². The van der Waals surface area contributed by atoms with Gasteiger partial charge in [0.1, 0.15) is 5.82 Å². The van der Waals surface area contributed by atoms with Crippen molar-refractivity contribution in [2.75, 3.05) is 13.1 Å². The quantitative estimate of drug-likeness (QED) is 0.525. The number of H-pyrrole nitrogens is 1. The summed E-state index contributed by atoms with van der Waals surface area (Å²) in [6.07, 6.45) is 4.72. The van der Waals surface area contributed by atoms with Gasteiger partial charge in [-0.1, -0.05) is 37.3 Å². The maximum absolute atomic E-state index is 13.2. The van der Waals surface area contributed by atoms with Crippen molar-refractivity contribution in [2.24, 2.45) is 5.92 Å². The van der Waals surface area contributed by atoms with Gasteiger partial charge in [-0.3, -0.25) is 14.0 Å². The molecular weight excluding hydrogens is 402 g/mol. The number of carbonyl (C=O) groups excluding carboxylic acids is 1. The van der Waals surface area contributed by atoms with Crippen molar-refractivity contribution in [1.82, 2.24) is 24.5 Å². The lowest BCUT2D eigenvalue weighted by Gasteiger charge is -2.32. The van der Waals surface area contributed by atoms with Gasteiger partial charge in [0.15, 0.2) is 0 Å². The first-order valence-corrected chi connectivity index (χ1v) is 11.4. The van der Waals surface area contributed by atoms with E-state index in [4.69, 9.17) is 0 Å². The van der Waals surface area contributed by atoms with Gasteiger partial charge in [0, 0.05) is 25.1 Å². The van der Waals surface area contributed by atoms with E-state index < -0.39 is 0 Å². The predicted molar refractivity (Wildman–Crippen MR) is 124 cm³/mol. The molecule has 0 saturated carbocycles. The van der Waals surface area contributed by atoms with Gasteiger partial charge in [0.2, 0.25) is 5.65 Å². The Labute approximate surface area is 186 Å². The third-order valence-electron chi connectivity index (χ3n) is 6.41.